The maximum atomic E-state index is 12.0. The average molecular weight is 239 g/mol. The highest BCUT2D eigenvalue weighted by Crippen LogP contribution is 2.29. The van der Waals surface area contributed by atoms with Crippen LogP contribution >= 0.6 is 0 Å². The number of amides is 1. The monoisotopic (exact) mass is 239 g/mol. The molecule has 1 N–H and O–H groups in total. The molecular weight excluding hydrogens is 226 g/mol. The Morgan fingerprint density at radius 2 is 2.11 bits per heavy atom. The zero-order chi connectivity index (χ0) is 12.4. The highest BCUT2D eigenvalue weighted by atomic mass is 16.2. The molecule has 1 amide bonds. The second kappa shape index (κ2) is 4.49. The number of fused-ring (bicyclic) bond motifs is 1. The number of carbonyl (C=O) groups excluding carboxylic acids is 1. The van der Waals surface area contributed by atoms with Gasteiger partial charge in [-0.05, 0) is 23.8 Å². The van der Waals surface area contributed by atoms with Crippen LogP contribution in [0.5, 0.6) is 0 Å². The third kappa shape index (κ3) is 1.93. The molecule has 1 aromatic heterocycles. The summed E-state index contributed by atoms with van der Waals surface area (Å²) in [5, 5.41) is 3.12. The maximum Gasteiger partial charge on any atom is 0.246 e. The minimum atomic E-state index is 0.0811. The lowest BCUT2D eigenvalue weighted by molar-refractivity contribution is -0.117. The van der Waals surface area contributed by atoms with Crippen molar-refractivity contribution in [3.8, 4) is 0 Å². The second-order valence-corrected chi connectivity index (χ2v) is 4.21. The number of rotatable bonds is 2. The van der Waals surface area contributed by atoms with Crippen LogP contribution in [-0.2, 0) is 11.3 Å². The van der Waals surface area contributed by atoms with Gasteiger partial charge in [0.1, 0.15) is 0 Å². The van der Waals surface area contributed by atoms with E-state index in [4.69, 9.17) is 0 Å². The molecule has 0 bridgehead atoms. The Balaban J connectivity index is 1.94. The SMILES string of the molecule is O=C1CNc2ccccc2N1Cc1cccnc1. The van der Waals surface area contributed by atoms with Gasteiger partial charge in [-0.25, -0.2) is 0 Å². The molecule has 18 heavy (non-hydrogen) atoms. The van der Waals surface area contributed by atoms with Gasteiger partial charge in [-0.1, -0.05) is 18.2 Å². The number of aromatic nitrogens is 1. The van der Waals surface area contributed by atoms with Crippen molar-refractivity contribution in [1.82, 2.24) is 4.98 Å². The van der Waals surface area contributed by atoms with Crippen LogP contribution in [0.4, 0.5) is 11.4 Å². The standard InChI is InChI=1S/C14H13N3O/c18-14-9-16-12-5-1-2-6-13(12)17(14)10-11-4-3-7-15-8-11/h1-8,16H,9-10H2. The highest BCUT2D eigenvalue weighted by molar-refractivity contribution is 6.02. The number of pyridine rings is 1. The fourth-order valence-corrected chi connectivity index (χ4v) is 2.11. The molecular formula is C14H13N3O. The first-order valence-electron chi connectivity index (χ1n) is 5.87. The molecule has 0 saturated heterocycles. The van der Waals surface area contributed by atoms with Crippen LogP contribution in [0.3, 0.4) is 0 Å². The number of hydrogen-bond donors (Lipinski definition) is 1. The Morgan fingerprint density at radius 1 is 1.22 bits per heavy atom. The van der Waals surface area contributed by atoms with E-state index in [0.717, 1.165) is 16.9 Å². The van der Waals surface area contributed by atoms with Crippen LogP contribution in [0, 0.1) is 0 Å². The zero-order valence-electron chi connectivity index (χ0n) is 9.84. The van der Waals surface area contributed by atoms with Crippen molar-refractivity contribution in [2.24, 2.45) is 0 Å². The summed E-state index contributed by atoms with van der Waals surface area (Å²) in [5.41, 5.74) is 2.96. The Morgan fingerprint density at radius 3 is 2.94 bits per heavy atom. The minimum Gasteiger partial charge on any atom is -0.374 e. The molecule has 0 unspecified atom stereocenters. The van der Waals surface area contributed by atoms with E-state index in [2.05, 4.69) is 10.3 Å². The predicted molar refractivity (Wildman–Crippen MR) is 70.4 cm³/mol. The van der Waals surface area contributed by atoms with Gasteiger partial charge in [0, 0.05) is 12.4 Å². The molecule has 0 saturated carbocycles. The lowest BCUT2D eigenvalue weighted by Gasteiger charge is -2.30. The van der Waals surface area contributed by atoms with Crippen molar-refractivity contribution < 1.29 is 4.79 Å². The minimum absolute atomic E-state index is 0.0811. The fraction of sp³-hybridized carbons (Fsp3) is 0.143. The molecule has 1 aliphatic rings. The van der Waals surface area contributed by atoms with Crippen LogP contribution in [0.15, 0.2) is 48.8 Å². The molecule has 0 fully saturated rings. The van der Waals surface area contributed by atoms with Crippen molar-refractivity contribution in [3.63, 3.8) is 0 Å². The lowest BCUT2D eigenvalue weighted by atomic mass is 10.1. The number of para-hydroxylation sites is 2. The molecule has 0 aliphatic carbocycles. The number of anilines is 2. The predicted octanol–water partition coefficient (Wildman–Crippen LogP) is 2.04. The molecule has 90 valence electrons. The second-order valence-electron chi connectivity index (χ2n) is 4.21. The first kappa shape index (κ1) is 10.8. The van der Waals surface area contributed by atoms with Crippen molar-refractivity contribution >= 4 is 17.3 Å². The topological polar surface area (TPSA) is 45.2 Å². The van der Waals surface area contributed by atoms with E-state index in [0.29, 0.717) is 13.1 Å². The van der Waals surface area contributed by atoms with E-state index in [1.807, 2.05) is 36.4 Å². The quantitative estimate of drug-likeness (QED) is 0.872. The van der Waals surface area contributed by atoms with Gasteiger partial charge in [-0.2, -0.15) is 0 Å². The normalized spacial score (nSPS) is 14.0. The van der Waals surface area contributed by atoms with E-state index in [-0.39, 0.29) is 5.91 Å². The molecule has 1 aromatic carbocycles. The van der Waals surface area contributed by atoms with Crippen LogP contribution in [0.1, 0.15) is 5.56 Å². The fourth-order valence-electron chi connectivity index (χ4n) is 2.11. The molecule has 2 heterocycles. The van der Waals surface area contributed by atoms with Gasteiger partial charge in [0.15, 0.2) is 0 Å². The molecule has 0 atom stereocenters. The van der Waals surface area contributed by atoms with Gasteiger partial charge < -0.3 is 10.2 Å². The first-order valence-corrected chi connectivity index (χ1v) is 5.87. The first-order chi connectivity index (χ1) is 8.84. The Hall–Kier alpha value is -2.36. The number of benzene rings is 1. The average Bonchev–Trinajstić information content (AvgIpc) is 2.43. The third-order valence-corrected chi connectivity index (χ3v) is 2.99. The summed E-state index contributed by atoms with van der Waals surface area (Å²) in [5.74, 6) is 0.0811. The number of nitrogens with one attached hydrogen (secondary N) is 1. The molecule has 4 heteroatoms. The molecule has 0 spiro atoms. The van der Waals surface area contributed by atoms with E-state index in [1.165, 1.54) is 0 Å². The lowest BCUT2D eigenvalue weighted by Crippen LogP contribution is -2.39. The summed E-state index contributed by atoms with van der Waals surface area (Å²) in [6.07, 6.45) is 3.52. The van der Waals surface area contributed by atoms with Gasteiger partial charge in [0.05, 0.1) is 24.5 Å². The van der Waals surface area contributed by atoms with Crippen molar-refractivity contribution in [1.29, 1.82) is 0 Å². The number of nitrogens with zero attached hydrogens (tertiary/aromatic N) is 2. The smallest absolute Gasteiger partial charge is 0.246 e. The number of hydrogen-bond acceptors (Lipinski definition) is 3. The summed E-state index contributed by atoms with van der Waals surface area (Å²) in [7, 11) is 0. The van der Waals surface area contributed by atoms with E-state index < -0.39 is 0 Å². The van der Waals surface area contributed by atoms with E-state index in [9.17, 15) is 4.79 Å². The summed E-state index contributed by atoms with van der Waals surface area (Å²) in [4.78, 5) is 17.9. The van der Waals surface area contributed by atoms with Crippen molar-refractivity contribution in [2.45, 2.75) is 6.54 Å². The van der Waals surface area contributed by atoms with Crippen LogP contribution in [0.25, 0.3) is 0 Å². The van der Waals surface area contributed by atoms with Gasteiger partial charge in [0.2, 0.25) is 5.91 Å². The van der Waals surface area contributed by atoms with Crippen molar-refractivity contribution in [2.75, 3.05) is 16.8 Å². The van der Waals surface area contributed by atoms with E-state index >= 15 is 0 Å². The van der Waals surface area contributed by atoms with Gasteiger partial charge >= 0.3 is 0 Å². The van der Waals surface area contributed by atoms with E-state index in [1.54, 1.807) is 17.3 Å². The van der Waals surface area contributed by atoms with Crippen LogP contribution in [-0.4, -0.2) is 17.4 Å². The maximum absolute atomic E-state index is 12.0. The largest absolute Gasteiger partial charge is 0.374 e. The van der Waals surface area contributed by atoms with Gasteiger partial charge in [-0.15, -0.1) is 0 Å². The highest BCUT2D eigenvalue weighted by Gasteiger charge is 2.23. The molecule has 3 rings (SSSR count). The molecule has 4 nitrogen and oxygen atoms in total. The van der Waals surface area contributed by atoms with Gasteiger partial charge in [0.25, 0.3) is 0 Å². The third-order valence-electron chi connectivity index (χ3n) is 2.99. The Labute approximate surface area is 105 Å². The van der Waals surface area contributed by atoms with Crippen LogP contribution < -0.4 is 10.2 Å². The number of carbonyl (C=O) groups is 1. The van der Waals surface area contributed by atoms with Crippen LogP contribution in [0.2, 0.25) is 0 Å². The summed E-state index contributed by atoms with van der Waals surface area (Å²) < 4.78 is 0. The Kier molecular flexibility index (Phi) is 2.68. The molecule has 0 radical (unpaired) electrons. The van der Waals surface area contributed by atoms with Gasteiger partial charge in [-0.3, -0.25) is 9.78 Å². The summed E-state index contributed by atoms with van der Waals surface area (Å²) in [6.45, 7) is 0.905. The zero-order valence-corrected chi connectivity index (χ0v) is 9.84. The molecule has 2 aromatic rings. The summed E-state index contributed by atoms with van der Waals surface area (Å²) in [6, 6.07) is 11.7. The molecule has 1 aliphatic heterocycles. The Bertz CT molecular complexity index is 568. The van der Waals surface area contributed by atoms with Crippen molar-refractivity contribution in [3.05, 3.63) is 54.4 Å². The summed E-state index contributed by atoms with van der Waals surface area (Å²) >= 11 is 0.